The van der Waals surface area contributed by atoms with Crippen LogP contribution in [0.1, 0.15) is 35.2 Å². The highest BCUT2D eigenvalue weighted by atomic mass is 16.2. The zero-order valence-electron chi connectivity index (χ0n) is 13.1. The molecule has 21 heavy (non-hydrogen) atoms. The minimum absolute atomic E-state index is 0.168. The number of unbranched alkanes of at least 4 members (excludes halogenated alkanes) is 2. The van der Waals surface area contributed by atoms with Crippen LogP contribution in [0.3, 0.4) is 0 Å². The molecule has 1 fully saturated rings. The summed E-state index contributed by atoms with van der Waals surface area (Å²) in [5.41, 5.74) is 7.46. The summed E-state index contributed by atoms with van der Waals surface area (Å²) in [7, 11) is 0. The maximum absolute atomic E-state index is 12.5. The summed E-state index contributed by atoms with van der Waals surface area (Å²) in [5.74, 6) is 0.168. The van der Waals surface area contributed by atoms with Gasteiger partial charge in [-0.15, -0.1) is 0 Å². The Bertz CT molecular complexity index is 453. The standard InChI is InChI=1S/C17H27N3O/c1-15-6-5-7-16(14-15)17(21)20-12-10-19(11-13-20)9-4-2-3-8-18/h5-7,14H,2-4,8-13,18H2,1H3. The lowest BCUT2D eigenvalue weighted by atomic mass is 10.1. The number of hydrogen-bond donors (Lipinski definition) is 1. The van der Waals surface area contributed by atoms with Gasteiger partial charge < -0.3 is 10.6 Å². The van der Waals surface area contributed by atoms with Crippen LogP contribution in [-0.2, 0) is 0 Å². The molecule has 0 aliphatic carbocycles. The van der Waals surface area contributed by atoms with Crippen molar-refractivity contribution in [3.05, 3.63) is 35.4 Å². The van der Waals surface area contributed by atoms with Gasteiger partial charge in [-0.05, 0) is 45.0 Å². The van der Waals surface area contributed by atoms with Crippen LogP contribution in [0.5, 0.6) is 0 Å². The van der Waals surface area contributed by atoms with E-state index in [0.717, 1.165) is 56.8 Å². The van der Waals surface area contributed by atoms with E-state index >= 15 is 0 Å². The Labute approximate surface area is 127 Å². The number of benzene rings is 1. The first-order valence-corrected chi connectivity index (χ1v) is 7.99. The summed E-state index contributed by atoms with van der Waals surface area (Å²) < 4.78 is 0. The van der Waals surface area contributed by atoms with Gasteiger partial charge >= 0.3 is 0 Å². The van der Waals surface area contributed by atoms with Gasteiger partial charge in [-0.1, -0.05) is 24.1 Å². The van der Waals surface area contributed by atoms with E-state index in [-0.39, 0.29) is 5.91 Å². The quantitative estimate of drug-likeness (QED) is 0.814. The number of aryl methyl sites for hydroxylation is 1. The van der Waals surface area contributed by atoms with Crippen LogP contribution in [0.15, 0.2) is 24.3 Å². The van der Waals surface area contributed by atoms with Crippen LogP contribution in [-0.4, -0.2) is 55.0 Å². The van der Waals surface area contributed by atoms with Crippen molar-refractivity contribution in [2.75, 3.05) is 39.3 Å². The largest absolute Gasteiger partial charge is 0.336 e. The van der Waals surface area contributed by atoms with E-state index in [1.165, 1.54) is 12.8 Å². The molecule has 1 aliphatic heterocycles. The Morgan fingerprint density at radius 3 is 2.57 bits per heavy atom. The number of carbonyl (C=O) groups excluding carboxylic acids is 1. The van der Waals surface area contributed by atoms with Crippen molar-refractivity contribution in [2.45, 2.75) is 26.2 Å². The predicted octanol–water partition coefficient (Wildman–Crippen LogP) is 1.88. The second-order valence-corrected chi connectivity index (χ2v) is 5.85. The molecule has 0 bridgehead atoms. The van der Waals surface area contributed by atoms with Crippen LogP contribution in [0.25, 0.3) is 0 Å². The number of nitrogens with two attached hydrogens (primary N) is 1. The molecule has 2 rings (SSSR count). The molecule has 1 aliphatic rings. The molecule has 1 saturated heterocycles. The van der Waals surface area contributed by atoms with Gasteiger partial charge in [0.15, 0.2) is 0 Å². The van der Waals surface area contributed by atoms with Gasteiger partial charge in [0.05, 0.1) is 0 Å². The molecule has 1 aromatic rings. The Balaban J connectivity index is 1.77. The Morgan fingerprint density at radius 1 is 1.14 bits per heavy atom. The van der Waals surface area contributed by atoms with Gasteiger partial charge in [0, 0.05) is 31.7 Å². The number of piperazine rings is 1. The average molecular weight is 289 g/mol. The molecule has 0 aromatic heterocycles. The van der Waals surface area contributed by atoms with Crippen molar-refractivity contribution in [3.8, 4) is 0 Å². The topological polar surface area (TPSA) is 49.6 Å². The van der Waals surface area contributed by atoms with E-state index in [1.807, 2.05) is 36.1 Å². The molecule has 1 amide bonds. The first-order valence-electron chi connectivity index (χ1n) is 7.99. The zero-order valence-corrected chi connectivity index (χ0v) is 13.1. The minimum Gasteiger partial charge on any atom is -0.336 e. The maximum Gasteiger partial charge on any atom is 0.253 e. The highest BCUT2D eigenvalue weighted by Gasteiger charge is 2.21. The molecule has 0 radical (unpaired) electrons. The Kier molecular flexibility index (Phi) is 6.21. The van der Waals surface area contributed by atoms with E-state index in [1.54, 1.807) is 0 Å². The highest BCUT2D eigenvalue weighted by molar-refractivity contribution is 5.94. The average Bonchev–Trinajstić information content (AvgIpc) is 2.51. The first-order chi connectivity index (χ1) is 10.2. The number of amides is 1. The smallest absolute Gasteiger partial charge is 0.253 e. The maximum atomic E-state index is 12.5. The number of rotatable bonds is 6. The second-order valence-electron chi connectivity index (χ2n) is 5.85. The zero-order chi connectivity index (χ0) is 15.1. The SMILES string of the molecule is Cc1cccc(C(=O)N2CCN(CCCCCN)CC2)c1. The Hall–Kier alpha value is -1.39. The van der Waals surface area contributed by atoms with Crippen molar-refractivity contribution in [1.29, 1.82) is 0 Å². The number of hydrogen-bond acceptors (Lipinski definition) is 3. The molecule has 0 unspecified atom stereocenters. The van der Waals surface area contributed by atoms with E-state index in [9.17, 15) is 4.79 Å². The summed E-state index contributed by atoms with van der Waals surface area (Å²) in [5, 5.41) is 0. The molecule has 0 spiro atoms. The Morgan fingerprint density at radius 2 is 1.90 bits per heavy atom. The van der Waals surface area contributed by atoms with Gasteiger partial charge in [0.2, 0.25) is 0 Å². The molecule has 1 heterocycles. The van der Waals surface area contributed by atoms with Gasteiger partial charge in [0.1, 0.15) is 0 Å². The number of carbonyl (C=O) groups is 1. The summed E-state index contributed by atoms with van der Waals surface area (Å²) in [6.45, 7) is 7.59. The molecule has 4 nitrogen and oxygen atoms in total. The lowest BCUT2D eigenvalue weighted by Gasteiger charge is -2.34. The lowest BCUT2D eigenvalue weighted by molar-refractivity contribution is 0.0635. The van der Waals surface area contributed by atoms with E-state index in [2.05, 4.69) is 4.90 Å². The highest BCUT2D eigenvalue weighted by Crippen LogP contribution is 2.11. The molecular weight excluding hydrogens is 262 g/mol. The fourth-order valence-corrected chi connectivity index (χ4v) is 2.79. The van der Waals surface area contributed by atoms with Crippen LogP contribution in [0.4, 0.5) is 0 Å². The number of nitrogens with zero attached hydrogens (tertiary/aromatic N) is 2. The third-order valence-electron chi connectivity index (χ3n) is 4.10. The van der Waals surface area contributed by atoms with Crippen molar-refractivity contribution in [3.63, 3.8) is 0 Å². The van der Waals surface area contributed by atoms with Crippen molar-refractivity contribution >= 4 is 5.91 Å². The molecule has 0 saturated carbocycles. The second kappa shape index (κ2) is 8.15. The normalized spacial score (nSPS) is 16.2. The molecule has 116 valence electrons. The molecule has 1 aromatic carbocycles. The summed E-state index contributed by atoms with van der Waals surface area (Å²) >= 11 is 0. The molecule has 4 heteroatoms. The predicted molar refractivity (Wildman–Crippen MR) is 86.4 cm³/mol. The van der Waals surface area contributed by atoms with Crippen molar-refractivity contribution in [2.24, 2.45) is 5.73 Å². The van der Waals surface area contributed by atoms with E-state index < -0.39 is 0 Å². The monoisotopic (exact) mass is 289 g/mol. The molecular formula is C17H27N3O. The van der Waals surface area contributed by atoms with Gasteiger partial charge in [-0.25, -0.2) is 0 Å². The van der Waals surface area contributed by atoms with Crippen LogP contribution in [0.2, 0.25) is 0 Å². The first kappa shape index (κ1) is 16.0. The van der Waals surface area contributed by atoms with Crippen molar-refractivity contribution < 1.29 is 4.79 Å². The van der Waals surface area contributed by atoms with Crippen LogP contribution in [0, 0.1) is 6.92 Å². The van der Waals surface area contributed by atoms with Gasteiger partial charge in [0.25, 0.3) is 5.91 Å². The van der Waals surface area contributed by atoms with E-state index in [4.69, 9.17) is 5.73 Å². The molecule has 0 atom stereocenters. The lowest BCUT2D eigenvalue weighted by Crippen LogP contribution is -2.48. The summed E-state index contributed by atoms with van der Waals surface area (Å²) in [6.07, 6.45) is 3.54. The van der Waals surface area contributed by atoms with Gasteiger partial charge in [-0.3, -0.25) is 9.69 Å². The minimum atomic E-state index is 0.168. The van der Waals surface area contributed by atoms with Crippen LogP contribution >= 0.6 is 0 Å². The third kappa shape index (κ3) is 4.83. The fraction of sp³-hybridized carbons (Fsp3) is 0.588. The van der Waals surface area contributed by atoms with E-state index in [0.29, 0.717) is 0 Å². The third-order valence-corrected chi connectivity index (χ3v) is 4.10. The fourth-order valence-electron chi connectivity index (χ4n) is 2.79. The summed E-state index contributed by atoms with van der Waals surface area (Å²) in [6, 6.07) is 7.86. The van der Waals surface area contributed by atoms with Gasteiger partial charge in [-0.2, -0.15) is 0 Å². The summed E-state index contributed by atoms with van der Waals surface area (Å²) in [4.78, 5) is 16.9. The molecule has 2 N–H and O–H groups in total. The van der Waals surface area contributed by atoms with Crippen LogP contribution < -0.4 is 5.73 Å². The van der Waals surface area contributed by atoms with Crippen molar-refractivity contribution in [1.82, 2.24) is 9.80 Å².